The first-order valence-electron chi connectivity index (χ1n) is 5.66. The number of aliphatic hydroxyl groups excluding tert-OH is 1. The van der Waals surface area contributed by atoms with E-state index in [2.05, 4.69) is 11.0 Å². The normalized spacial score (nSPS) is 11.9. The molecule has 3 nitrogen and oxygen atoms in total. The lowest BCUT2D eigenvalue weighted by atomic mass is 10.1. The first-order valence-corrected chi connectivity index (χ1v) is 6.04. The minimum atomic E-state index is -0.0557. The summed E-state index contributed by atoms with van der Waals surface area (Å²) in [5, 5.41) is 18.4. The zero-order valence-corrected chi connectivity index (χ0v) is 10.9. The molecule has 0 saturated carbocycles. The molecule has 0 radical (unpaired) electrons. The smallest absolute Gasteiger partial charge is 0.0696 e. The first kappa shape index (κ1) is 13.8. The molecule has 0 aliphatic carbocycles. The van der Waals surface area contributed by atoms with Gasteiger partial charge < -0.3 is 10.0 Å². The molecule has 0 heterocycles. The number of nitrogens with zero attached hydrogens (tertiary/aromatic N) is 2. The topological polar surface area (TPSA) is 47.3 Å². The van der Waals surface area contributed by atoms with Crippen LogP contribution in [0.25, 0.3) is 0 Å². The summed E-state index contributed by atoms with van der Waals surface area (Å²) in [6.45, 7) is 5.38. The lowest BCUT2D eigenvalue weighted by Crippen LogP contribution is -2.27. The van der Waals surface area contributed by atoms with E-state index in [-0.39, 0.29) is 12.5 Å². The number of benzene rings is 1. The van der Waals surface area contributed by atoms with Crippen LogP contribution in [-0.4, -0.2) is 18.2 Å². The maximum absolute atomic E-state index is 9.05. The van der Waals surface area contributed by atoms with Crippen molar-refractivity contribution in [2.45, 2.75) is 20.5 Å². The van der Waals surface area contributed by atoms with Crippen LogP contribution in [0.4, 0.5) is 5.69 Å². The molecule has 0 spiro atoms. The fraction of sp³-hybridized carbons (Fsp3) is 0.462. The number of rotatable bonds is 5. The second-order valence-corrected chi connectivity index (χ2v) is 4.41. The molecule has 0 aromatic heterocycles. The van der Waals surface area contributed by atoms with Crippen LogP contribution in [-0.2, 0) is 6.61 Å². The van der Waals surface area contributed by atoms with Crippen LogP contribution in [0.3, 0.4) is 0 Å². The quantitative estimate of drug-likeness (QED) is 0.877. The van der Waals surface area contributed by atoms with Crippen molar-refractivity contribution in [2.75, 3.05) is 18.0 Å². The third-order valence-electron chi connectivity index (χ3n) is 2.67. The molecule has 1 aromatic carbocycles. The molecule has 1 N–H and O–H groups in total. The minimum absolute atomic E-state index is 0.0220. The van der Waals surface area contributed by atoms with Gasteiger partial charge in [-0.05, 0) is 31.5 Å². The van der Waals surface area contributed by atoms with Crippen LogP contribution in [0, 0.1) is 17.2 Å². The zero-order chi connectivity index (χ0) is 12.8. The van der Waals surface area contributed by atoms with Crippen LogP contribution in [0.5, 0.6) is 0 Å². The van der Waals surface area contributed by atoms with Crippen molar-refractivity contribution in [3.05, 3.63) is 28.8 Å². The van der Waals surface area contributed by atoms with Crippen molar-refractivity contribution in [3.8, 4) is 6.07 Å². The number of halogens is 1. The second-order valence-electron chi connectivity index (χ2n) is 4.00. The Morgan fingerprint density at radius 3 is 2.71 bits per heavy atom. The number of hydrogen-bond donors (Lipinski definition) is 1. The van der Waals surface area contributed by atoms with Crippen molar-refractivity contribution in [1.82, 2.24) is 0 Å². The van der Waals surface area contributed by atoms with Gasteiger partial charge in [0.1, 0.15) is 0 Å². The highest BCUT2D eigenvalue weighted by molar-refractivity contribution is 6.31. The Hall–Kier alpha value is -1.24. The second kappa shape index (κ2) is 6.48. The number of nitriles is 1. The van der Waals surface area contributed by atoms with E-state index in [0.29, 0.717) is 11.6 Å². The molecular formula is C13H17ClN2O. The molecule has 0 saturated heterocycles. The van der Waals surface area contributed by atoms with Gasteiger partial charge in [-0.15, -0.1) is 0 Å². The summed E-state index contributed by atoms with van der Waals surface area (Å²) < 4.78 is 0. The third-order valence-corrected chi connectivity index (χ3v) is 3.02. The van der Waals surface area contributed by atoms with E-state index in [9.17, 15) is 0 Å². The molecule has 0 fully saturated rings. The van der Waals surface area contributed by atoms with E-state index in [1.165, 1.54) is 0 Å². The molecule has 17 heavy (non-hydrogen) atoms. The standard InChI is InChI=1S/C13H17ClN2O/c1-3-16(8-10(2)7-15)12-5-4-11(9-17)13(14)6-12/h4-6,10,17H,3,8-9H2,1-2H3. The predicted octanol–water partition coefficient (Wildman–Crippen LogP) is 2.82. The monoisotopic (exact) mass is 252 g/mol. The Morgan fingerprint density at radius 2 is 2.24 bits per heavy atom. The molecule has 1 atom stereocenters. The Morgan fingerprint density at radius 1 is 1.53 bits per heavy atom. The average molecular weight is 253 g/mol. The fourth-order valence-electron chi connectivity index (χ4n) is 1.65. The summed E-state index contributed by atoms with van der Waals surface area (Å²) in [5.41, 5.74) is 1.71. The number of anilines is 1. The lowest BCUT2D eigenvalue weighted by molar-refractivity contribution is 0.282. The van der Waals surface area contributed by atoms with Gasteiger partial charge in [-0.1, -0.05) is 17.7 Å². The highest BCUT2D eigenvalue weighted by Gasteiger charge is 2.10. The average Bonchev–Trinajstić information content (AvgIpc) is 2.35. The summed E-state index contributed by atoms with van der Waals surface area (Å²) in [7, 11) is 0. The SMILES string of the molecule is CCN(CC(C)C#N)c1ccc(CO)c(Cl)c1. The Bertz CT molecular complexity index is 414. The van der Waals surface area contributed by atoms with Gasteiger partial charge in [0.25, 0.3) is 0 Å². The van der Waals surface area contributed by atoms with E-state index in [4.69, 9.17) is 22.0 Å². The van der Waals surface area contributed by atoms with E-state index in [1.807, 2.05) is 32.0 Å². The minimum Gasteiger partial charge on any atom is -0.392 e. The largest absolute Gasteiger partial charge is 0.392 e. The van der Waals surface area contributed by atoms with Gasteiger partial charge in [0.2, 0.25) is 0 Å². The van der Waals surface area contributed by atoms with Crippen LogP contribution in [0.2, 0.25) is 5.02 Å². The van der Waals surface area contributed by atoms with E-state index in [0.717, 1.165) is 17.8 Å². The predicted molar refractivity (Wildman–Crippen MR) is 70.0 cm³/mol. The van der Waals surface area contributed by atoms with E-state index >= 15 is 0 Å². The maximum atomic E-state index is 9.05. The Balaban J connectivity index is 2.89. The van der Waals surface area contributed by atoms with Gasteiger partial charge in [0, 0.05) is 23.8 Å². The van der Waals surface area contributed by atoms with Gasteiger partial charge in [-0.25, -0.2) is 0 Å². The molecule has 1 unspecified atom stereocenters. The zero-order valence-electron chi connectivity index (χ0n) is 10.2. The van der Waals surface area contributed by atoms with Gasteiger partial charge >= 0.3 is 0 Å². The van der Waals surface area contributed by atoms with Crippen molar-refractivity contribution in [3.63, 3.8) is 0 Å². The summed E-state index contributed by atoms with van der Waals surface area (Å²) in [5.74, 6) is -0.0220. The molecule has 0 aliphatic heterocycles. The van der Waals surface area contributed by atoms with E-state index in [1.54, 1.807) is 0 Å². The summed E-state index contributed by atoms with van der Waals surface area (Å²) >= 11 is 6.05. The van der Waals surface area contributed by atoms with Gasteiger partial charge in [-0.2, -0.15) is 5.26 Å². The molecule has 0 bridgehead atoms. The fourth-order valence-corrected chi connectivity index (χ4v) is 1.88. The molecule has 92 valence electrons. The van der Waals surface area contributed by atoms with Crippen molar-refractivity contribution >= 4 is 17.3 Å². The van der Waals surface area contributed by atoms with Crippen LogP contribution in [0.1, 0.15) is 19.4 Å². The first-order chi connectivity index (χ1) is 8.12. The summed E-state index contributed by atoms with van der Waals surface area (Å²) in [4.78, 5) is 2.10. The van der Waals surface area contributed by atoms with Crippen LogP contribution >= 0.6 is 11.6 Å². The molecule has 4 heteroatoms. The van der Waals surface area contributed by atoms with Crippen molar-refractivity contribution in [2.24, 2.45) is 5.92 Å². The van der Waals surface area contributed by atoms with Crippen molar-refractivity contribution in [1.29, 1.82) is 5.26 Å². The molecule has 1 aromatic rings. The van der Waals surface area contributed by atoms with Crippen LogP contribution in [0.15, 0.2) is 18.2 Å². The highest BCUT2D eigenvalue weighted by atomic mass is 35.5. The number of aliphatic hydroxyl groups is 1. The summed E-state index contributed by atoms with van der Waals surface area (Å²) in [6.07, 6.45) is 0. The number of hydrogen-bond acceptors (Lipinski definition) is 3. The van der Waals surface area contributed by atoms with Gasteiger partial charge in [0.05, 0.1) is 18.6 Å². The Labute approximate surface area is 107 Å². The molecule has 1 rings (SSSR count). The molecule has 0 aliphatic rings. The maximum Gasteiger partial charge on any atom is 0.0696 e. The van der Waals surface area contributed by atoms with Crippen molar-refractivity contribution < 1.29 is 5.11 Å². The third kappa shape index (κ3) is 3.62. The lowest BCUT2D eigenvalue weighted by Gasteiger charge is -2.24. The van der Waals surface area contributed by atoms with Gasteiger partial charge in [-0.3, -0.25) is 0 Å². The van der Waals surface area contributed by atoms with Crippen LogP contribution < -0.4 is 4.90 Å². The highest BCUT2D eigenvalue weighted by Crippen LogP contribution is 2.24. The molecule has 0 amide bonds. The summed E-state index contributed by atoms with van der Waals surface area (Å²) in [6, 6.07) is 7.79. The Kier molecular flexibility index (Phi) is 5.27. The van der Waals surface area contributed by atoms with E-state index < -0.39 is 0 Å². The van der Waals surface area contributed by atoms with Gasteiger partial charge in [0.15, 0.2) is 0 Å². The molecular weight excluding hydrogens is 236 g/mol.